The van der Waals surface area contributed by atoms with Gasteiger partial charge in [0.15, 0.2) is 6.61 Å². The van der Waals surface area contributed by atoms with Crippen LogP contribution in [-0.2, 0) is 11.2 Å². The van der Waals surface area contributed by atoms with Gasteiger partial charge < -0.3 is 14.8 Å². The van der Waals surface area contributed by atoms with Crippen molar-refractivity contribution in [1.29, 1.82) is 5.26 Å². The number of nitriles is 1. The molecule has 0 bridgehead atoms. The number of anilines is 1. The summed E-state index contributed by atoms with van der Waals surface area (Å²) in [6, 6.07) is 16.3. The van der Waals surface area contributed by atoms with Gasteiger partial charge in [0, 0.05) is 11.8 Å². The number of carbonyl (C=O) groups excluding carboxylic acids is 1. The van der Waals surface area contributed by atoms with E-state index in [4.69, 9.17) is 14.7 Å². The van der Waals surface area contributed by atoms with Gasteiger partial charge in [-0.2, -0.15) is 5.26 Å². The summed E-state index contributed by atoms with van der Waals surface area (Å²) in [4.78, 5) is 11.8. The van der Waals surface area contributed by atoms with Crippen LogP contribution in [0.15, 0.2) is 48.5 Å². The first-order valence-electron chi connectivity index (χ1n) is 6.74. The molecule has 2 aromatic rings. The van der Waals surface area contributed by atoms with Crippen LogP contribution < -0.4 is 14.8 Å². The smallest absolute Gasteiger partial charge is 0.262 e. The minimum Gasteiger partial charge on any atom is -0.497 e. The summed E-state index contributed by atoms with van der Waals surface area (Å²) in [5, 5.41) is 11.3. The van der Waals surface area contributed by atoms with Crippen LogP contribution >= 0.6 is 0 Å². The third-order valence-electron chi connectivity index (χ3n) is 2.93. The zero-order valence-electron chi connectivity index (χ0n) is 12.2. The zero-order chi connectivity index (χ0) is 15.8. The van der Waals surface area contributed by atoms with Crippen molar-refractivity contribution >= 4 is 11.6 Å². The van der Waals surface area contributed by atoms with Gasteiger partial charge in [0.05, 0.1) is 19.6 Å². The molecule has 2 aromatic carbocycles. The first kappa shape index (κ1) is 15.4. The van der Waals surface area contributed by atoms with Crippen molar-refractivity contribution in [3.05, 3.63) is 54.1 Å². The molecule has 5 nitrogen and oxygen atoms in total. The topological polar surface area (TPSA) is 71.3 Å². The van der Waals surface area contributed by atoms with E-state index >= 15 is 0 Å². The van der Waals surface area contributed by atoms with Crippen molar-refractivity contribution in [2.24, 2.45) is 0 Å². The average molecular weight is 296 g/mol. The first-order chi connectivity index (χ1) is 10.7. The van der Waals surface area contributed by atoms with Gasteiger partial charge in [-0.05, 0) is 29.8 Å². The number of hydrogen-bond acceptors (Lipinski definition) is 4. The number of nitrogens with zero attached hydrogens (tertiary/aromatic N) is 1. The van der Waals surface area contributed by atoms with Crippen LogP contribution in [0.2, 0.25) is 0 Å². The van der Waals surface area contributed by atoms with Gasteiger partial charge in [-0.1, -0.05) is 18.2 Å². The van der Waals surface area contributed by atoms with Crippen molar-refractivity contribution in [3.8, 4) is 17.6 Å². The maximum Gasteiger partial charge on any atom is 0.262 e. The summed E-state index contributed by atoms with van der Waals surface area (Å²) in [6.45, 7) is -0.0902. The standard InChI is InChI=1S/C17H16N2O3/c1-21-15-3-2-4-16(11-15)22-12-17(20)19-14-7-5-13(6-8-14)9-10-18/h2-8,11H,9,12H2,1H3,(H,19,20). The van der Waals surface area contributed by atoms with Gasteiger partial charge in [-0.25, -0.2) is 0 Å². The summed E-state index contributed by atoms with van der Waals surface area (Å²) in [6.07, 6.45) is 0.354. The van der Waals surface area contributed by atoms with E-state index in [9.17, 15) is 4.79 Å². The predicted octanol–water partition coefficient (Wildman–Crippen LogP) is 2.78. The highest BCUT2D eigenvalue weighted by Crippen LogP contribution is 2.18. The van der Waals surface area contributed by atoms with E-state index in [1.807, 2.05) is 12.1 Å². The maximum atomic E-state index is 11.8. The van der Waals surface area contributed by atoms with E-state index in [-0.39, 0.29) is 12.5 Å². The number of nitrogens with one attached hydrogen (secondary N) is 1. The molecule has 1 N–H and O–H groups in total. The van der Waals surface area contributed by atoms with Gasteiger partial charge in [-0.3, -0.25) is 4.79 Å². The summed E-state index contributed by atoms with van der Waals surface area (Å²) in [5.41, 5.74) is 1.58. The Labute approximate surface area is 129 Å². The van der Waals surface area contributed by atoms with Crippen molar-refractivity contribution in [2.75, 3.05) is 19.0 Å². The molecule has 5 heteroatoms. The molecule has 0 saturated heterocycles. The van der Waals surface area contributed by atoms with Gasteiger partial charge >= 0.3 is 0 Å². The SMILES string of the molecule is COc1cccc(OCC(=O)Nc2ccc(CC#N)cc2)c1. The van der Waals surface area contributed by atoms with Crippen molar-refractivity contribution in [3.63, 3.8) is 0 Å². The minimum absolute atomic E-state index is 0.0902. The highest BCUT2D eigenvalue weighted by molar-refractivity contribution is 5.91. The number of benzene rings is 2. The van der Waals surface area contributed by atoms with E-state index in [1.165, 1.54) is 0 Å². The molecule has 0 radical (unpaired) electrons. The number of ether oxygens (including phenoxy) is 2. The molecular weight excluding hydrogens is 280 g/mol. The lowest BCUT2D eigenvalue weighted by Crippen LogP contribution is -2.20. The Morgan fingerprint density at radius 2 is 1.91 bits per heavy atom. The molecule has 1 amide bonds. The van der Waals surface area contributed by atoms with Crippen LogP contribution in [-0.4, -0.2) is 19.6 Å². The fourth-order valence-corrected chi connectivity index (χ4v) is 1.83. The molecular formula is C17H16N2O3. The molecule has 0 aliphatic carbocycles. The maximum absolute atomic E-state index is 11.8. The molecule has 0 heterocycles. The fraction of sp³-hybridized carbons (Fsp3) is 0.176. The van der Waals surface area contributed by atoms with Gasteiger partial charge in [0.1, 0.15) is 11.5 Å². The third-order valence-corrected chi connectivity index (χ3v) is 2.93. The van der Waals surface area contributed by atoms with Crippen molar-refractivity contribution in [1.82, 2.24) is 0 Å². The minimum atomic E-state index is -0.254. The average Bonchev–Trinajstić information content (AvgIpc) is 2.55. The van der Waals surface area contributed by atoms with Crippen molar-refractivity contribution < 1.29 is 14.3 Å². The highest BCUT2D eigenvalue weighted by Gasteiger charge is 2.04. The Hall–Kier alpha value is -3.00. The Morgan fingerprint density at radius 3 is 2.59 bits per heavy atom. The zero-order valence-corrected chi connectivity index (χ0v) is 12.2. The van der Waals surface area contributed by atoms with Gasteiger partial charge in [-0.15, -0.1) is 0 Å². The highest BCUT2D eigenvalue weighted by atomic mass is 16.5. The quantitative estimate of drug-likeness (QED) is 0.889. The molecule has 0 spiro atoms. The molecule has 0 aliphatic heterocycles. The summed E-state index contributed by atoms with van der Waals surface area (Å²) in [5.74, 6) is 0.987. The van der Waals surface area contributed by atoms with Gasteiger partial charge in [0.25, 0.3) is 5.91 Å². The van der Waals surface area contributed by atoms with E-state index in [0.717, 1.165) is 5.56 Å². The lowest BCUT2D eigenvalue weighted by atomic mass is 10.1. The molecule has 0 unspecified atom stereocenters. The molecule has 0 atom stereocenters. The fourth-order valence-electron chi connectivity index (χ4n) is 1.83. The van der Waals surface area contributed by atoms with Crippen LogP contribution in [0, 0.1) is 11.3 Å². The molecule has 0 saturated carbocycles. The summed E-state index contributed by atoms with van der Waals surface area (Å²) in [7, 11) is 1.57. The number of hydrogen-bond donors (Lipinski definition) is 1. The van der Waals surface area contributed by atoms with Crippen LogP contribution in [0.25, 0.3) is 0 Å². The third kappa shape index (κ3) is 4.53. The molecule has 0 fully saturated rings. The Morgan fingerprint density at radius 1 is 1.18 bits per heavy atom. The van der Waals surface area contributed by atoms with Crippen LogP contribution in [0.5, 0.6) is 11.5 Å². The first-order valence-corrected chi connectivity index (χ1v) is 6.74. The number of methoxy groups -OCH3 is 1. The largest absolute Gasteiger partial charge is 0.497 e. The molecule has 112 valence electrons. The second-order valence-corrected chi connectivity index (χ2v) is 4.55. The lowest BCUT2D eigenvalue weighted by molar-refractivity contribution is -0.118. The van der Waals surface area contributed by atoms with E-state index in [0.29, 0.717) is 23.6 Å². The molecule has 0 aliphatic rings. The number of amides is 1. The predicted molar refractivity (Wildman–Crippen MR) is 82.9 cm³/mol. The second-order valence-electron chi connectivity index (χ2n) is 4.55. The molecule has 2 rings (SSSR count). The van der Waals surface area contributed by atoms with Gasteiger partial charge in [0.2, 0.25) is 0 Å². The van der Waals surface area contributed by atoms with E-state index in [1.54, 1.807) is 43.5 Å². The normalized spacial score (nSPS) is 9.64. The summed E-state index contributed by atoms with van der Waals surface area (Å²) < 4.78 is 10.5. The van der Waals surface area contributed by atoms with E-state index in [2.05, 4.69) is 11.4 Å². The lowest BCUT2D eigenvalue weighted by Gasteiger charge is -2.08. The Kier molecular flexibility index (Phi) is 5.38. The summed E-state index contributed by atoms with van der Waals surface area (Å²) >= 11 is 0. The van der Waals surface area contributed by atoms with Crippen LogP contribution in [0.4, 0.5) is 5.69 Å². The molecule has 0 aromatic heterocycles. The van der Waals surface area contributed by atoms with E-state index < -0.39 is 0 Å². The Balaban J connectivity index is 1.86. The monoisotopic (exact) mass is 296 g/mol. The molecule has 22 heavy (non-hydrogen) atoms. The second kappa shape index (κ2) is 7.70. The van der Waals surface area contributed by atoms with Crippen molar-refractivity contribution in [2.45, 2.75) is 6.42 Å². The number of carbonyl (C=O) groups is 1. The van der Waals surface area contributed by atoms with Crippen LogP contribution in [0.1, 0.15) is 5.56 Å². The number of rotatable bonds is 6. The Bertz CT molecular complexity index is 675. The van der Waals surface area contributed by atoms with Crippen LogP contribution in [0.3, 0.4) is 0 Å².